The van der Waals surface area contributed by atoms with Gasteiger partial charge in [-0.15, -0.1) is 0 Å². The van der Waals surface area contributed by atoms with Crippen LogP contribution in [0.3, 0.4) is 0 Å². The summed E-state index contributed by atoms with van der Waals surface area (Å²) >= 11 is 0. The maximum atomic E-state index is 13.5. The Bertz CT molecular complexity index is 1210. The molecule has 0 aliphatic rings. The van der Waals surface area contributed by atoms with Crippen LogP contribution in [0.4, 0.5) is 10.2 Å². The SMILES string of the molecule is CC(c1ccccc1)N(C)c1nc2cc(C(=O)O)ccc2nc1-c1ccc(F)cc1. The summed E-state index contributed by atoms with van der Waals surface area (Å²) in [6, 6.07) is 20.8. The van der Waals surface area contributed by atoms with Crippen LogP contribution in [0.1, 0.15) is 28.9 Å². The number of aromatic nitrogens is 2. The van der Waals surface area contributed by atoms with Crippen molar-refractivity contribution in [3.63, 3.8) is 0 Å². The zero-order chi connectivity index (χ0) is 21.3. The molecule has 0 amide bonds. The summed E-state index contributed by atoms with van der Waals surface area (Å²) in [4.78, 5) is 22.9. The number of rotatable bonds is 5. The van der Waals surface area contributed by atoms with E-state index in [9.17, 15) is 14.3 Å². The first-order chi connectivity index (χ1) is 14.4. The van der Waals surface area contributed by atoms with Crippen molar-refractivity contribution >= 4 is 22.8 Å². The third kappa shape index (κ3) is 3.72. The normalized spacial score (nSPS) is 12.0. The molecular weight excluding hydrogens is 381 g/mol. The minimum Gasteiger partial charge on any atom is -0.478 e. The number of hydrogen-bond donors (Lipinski definition) is 1. The maximum absolute atomic E-state index is 13.5. The molecule has 150 valence electrons. The molecule has 0 aliphatic heterocycles. The van der Waals surface area contributed by atoms with Crippen LogP contribution in [-0.2, 0) is 0 Å². The zero-order valence-corrected chi connectivity index (χ0v) is 16.6. The fourth-order valence-corrected chi connectivity index (χ4v) is 3.36. The molecule has 0 fully saturated rings. The first-order valence-electron chi connectivity index (χ1n) is 9.53. The van der Waals surface area contributed by atoms with Crippen molar-refractivity contribution in [3.05, 3.63) is 89.7 Å². The van der Waals surface area contributed by atoms with Gasteiger partial charge in [0.2, 0.25) is 0 Å². The maximum Gasteiger partial charge on any atom is 0.335 e. The van der Waals surface area contributed by atoms with Crippen molar-refractivity contribution in [2.45, 2.75) is 13.0 Å². The molecule has 1 heterocycles. The molecule has 1 aromatic heterocycles. The Morgan fingerprint density at radius 1 is 0.967 bits per heavy atom. The molecule has 1 N–H and O–H groups in total. The number of benzene rings is 3. The first-order valence-corrected chi connectivity index (χ1v) is 9.53. The largest absolute Gasteiger partial charge is 0.478 e. The highest BCUT2D eigenvalue weighted by Crippen LogP contribution is 2.33. The highest BCUT2D eigenvalue weighted by Gasteiger charge is 2.20. The van der Waals surface area contributed by atoms with Crippen molar-refractivity contribution in [2.24, 2.45) is 0 Å². The smallest absolute Gasteiger partial charge is 0.335 e. The molecule has 0 spiro atoms. The van der Waals surface area contributed by atoms with E-state index in [4.69, 9.17) is 9.97 Å². The summed E-state index contributed by atoms with van der Waals surface area (Å²) in [7, 11) is 1.92. The average Bonchev–Trinajstić information content (AvgIpc) is 2.78. The molecule has 1 atom stereocenters. The van der Waals surface area contributed by atoms with Crippen LogP contribution in [0.25, 0.3) is 22.3 Å². The molecule has 1 unspecified atom stereocenters. The molecule has 0 aliphatic carbocycles. The molecule has 4 rings (SSSR count). The number of carboxylic acids is 1. The third-order valence-corrected chi connectivity index (χ3v) is 5.21. The average molecular weight is 401 g/mol. The Morgan fingerprint density at radius 2 is 1.67 bits per heavy atom. The van der Waals surface area contributed by atoms with Crippen LogP contribution in [0.15, 0.2) is 72.8 Å². The van der Waals surface area contributed by atoms with Gasteiger partial charge in [0.15, 0.2) is 5.82 Å². The minimum atomic E-state index is -1.02. The third-order valence-electron chi connectivity index (χ3n) is 5.21. The molecule has 4 aromatic rings. The molecule has 0 saturated heterocycles. The molecule has 0 bridgehead atoms. The Morgan fingerprint density at radius 3 is 2.33 bits per heavy atom. The van der Waals surface area contributed by atoms with E-state index < -0.39 is 5.97 Å². The van der Waals surface area contributed by atoms with E-state index in [1.54, 1.807) is 18.2 Å². The first kappa shape index (κ1) is 19.5. The summed E-state index contributed by atoms with van der Waals surface area (Å²) in [5.74, 6) is -0.756. The van der Waals surface area contributed by atoms with Crippen molar-refractivity contribution in [3.8, 4) is 11.3 Å². The van der Waals surface area contributed by atoms with Gasteiger partial charge >= 0.3 is 5.97 Å². The number of hydrogen-bond acceptors (Lipinski definition) is 4. The Hall–Kier alpha value is -3.80. The van der Waals surface area contributed by atoms with Gasteiger partial charge in [0, 0.05) is 12.6 Å². The topological polar surface area (TPSA) is 66.3 Å². The van der Waals surface area contributed by atoms with Gasteiger partial charge < -0.3 is 10.0 Å². The van der Waals surface area contributed by atoms with E-state index in [2.05, 4.69) is 6.92 Å². The molecule has 0 saturated carbocycles. The number of carboxylic acid groups (broad SMARTS) is 1. The van der Waals surface area contributed by atoms with Crippen molar-refractivity contribution < 1.29 is 14.3 Å². The van der Waals surface area contributed by atoms with Crippen LogP contribution in [0.5, 0.6) is 0 Å². The minimum absolute atomic E-state index is 0.0141. The lowest BCUT2D eigenvalue weighted by molar-refractivity contribution is 0.0697. The van der Waals surface area contributed by atoms with Gasteiger partial charge in [0.05, 0.1) is 22.6 Å². The molecule has 3 aromatic carbocycles. The Labute approximate surface area is 173 Å². The van der Waals surface area contributed by atoms with Gasteiger partial charge in [0.1, 0.15) is 11.5 Å². The molecule has 6 heteroatoms. The fourth-order valence-electron chi connectivity index (χ4n) is 3.36. The summed E-state index contributed by atoms with van der Waals surface area (Å²) in [6.07, 6.45) is 0. The van der Waals surface area contributed by atoms with E-state index >= 15 is 0 Å². The molecule has 30 heavy (non-hydrogen) atoms. The number of carbonyl (C=O) groups is 1. The monoisotopic (exact) mass is 401 g/mol. The lowest BCUT2D eigenvalue weighted by Gasteiger charge is -2.28. The lowest BCUT2D eigenvalue weighted by Crippen LogP contribution is -2.24. The van der Waals surface area contributed by atoms with Crippen LogP contribution >= 0.6 is 0 Å². The standard InChI is InChI=1S/C24H20FN3O2/c1-15(16-6-4-3-5-7-16)28(2)23-22(17-8-11-19(25)12-9-17)26-20-13-10-18(24(29)30)14-21(20)27-23/h3-15H,1-2H3,(H,29,30). The fraction of sp³-hybridized carbons (Fsp3) is 0.125. The van der Waals surface area contributed by atoms with Gasteiger partial charge in [-0.2, -0.15) is 0 Å². The van der Waals surface area contributed by atoms with Crippen molar-refractivity contribution in [2.75, 3.05) is 11.9 Å². The van der Waals surface area contributed by atoms with Crippen molar-refractivity contribution in [1.82, 2.24) is 9.97 Å². The van der Waals surface area contributed by atoms with Crippen LogP contribution in [0, 0.1) is 5.82 Å². The Kier molecular flexibility index (Phi) is 5.14. The van der Waals surface area contributed by atoms with E-state index in [0.717, 1.165) is 11.1 Å². The van der Waals surface area contributed by atoms with Gasteiger partial charge in [0.25, 0.3) is 0 Å². The second-order valence-corrected chi connectivity index (χ2v) is 7.11. The van der Waals surface area contributed by atoms with Crippen molar-refractivity contribution in [1.29, 1.82) is 0 Å². The van der Waals surface area contributed by atoms with E-state index in [1.165, 1.54) is 24.3 Å². The van der Waals surface area contributed by atoms with Gasteiger partial charge in [-0.25, -0.2) is 19.2 Å². The Balaban J connectivity index is 1.90. The summed E-state index contributed by atoms with van der Waals surface area (Å²) in [5, 5.41) is 9.32. The number of aromatic carboxylic acids is 1. The number of nitrogens with zero attached hydrogens (tertiary/aromatic N) is 3. The van der Waals surface area contributed by atoms with E-state index in [1.807, 2.05) is 42.3 Å². The predicted octanol–water partition coefficient (Wildman–Crippen LogP) is 5.33. The lowest BCUT2D eigenvalue weighted by atomic mass is 10.1. The highest BCUT2D eigenvalue weighted by molar-refractivity contribution is 5.93. The van der Waals surface area contributed by atoms with Gasteiger partial charge in [-0.3, -0.25) is 0 Å². The zero-order valence-electron chi connectivity index (χ0n) is 16.6. The van der Waals surface area contributed by atoms with Crippen LogP contribution in [0.2, 0.25) is 0 Å². The van der Waals surface area contributed by atoms with E-state index in [-0.39, 0.29) is 17.4 Å². The molecule has 5 nitrogen and oxygen atoms in total. The molecular formula is C24H20FN3O2. The number of anilines is 1. The van der Waals surface area contributed by atoms with Crippen LogP contribution in [-0.4, -0.2) is 28.1 Å². The summed E-state index contributed by atoms with van der Waals surface area (Å²) < 4.78 is 13.5. The van der Waals surface area contributed by atoms with Gasteiger partial charge in [-0.05, 0) is 55.0 Å². The van der Waals surface area contributed by atoms with E-state index in [0.29, 0.717) is 22.5 Å². The number of fused-ring (bicyclic) bond motifs is 1. The second-order valence-electron chi connectivity index (χ2n) is 7.11. The summed E-state index contributed by atoms with van der Waals surface area (Å²) in [6.45, 7) is 2.06. The quantitative estimate of drug-likeness (QED) is 0.489. The van der Waals surface area contributed by atoms with Crippen LogP contribution < -0.4 is 4.90 Å². The predicted molar refractivity (Wildman–Crippen MR) is 115 cm³/mol. The highest BCUT2D eigenvalue weighted by atomic mass is 19.1. The number of halogens is 1. The molecule has 0 radical (unpaired) electrons. The second kappa shape index (κ2) is 7.91. The van der Waals surface area contributed by atoms with Gasteiger partial charge in [-0.1, -0.05) is 30.3 Å². The summed E-state index contributed by atoms with van der Waals surface area (Å²) in [5.41, 5.74) is 3.65.